The highest BCUT2D eigenvalue weighted by Gasteiger charge is 2.63. The molecule has 0 aromatic carbocycles. The lowest BCUT2D eigenvalue weighted by Crippen LogP contribution is -2.60. The SMILES string of the molecule is CC(OC(=O)C12CC3CC(CC(OC=O)(C3)C1)C2)C(F)(F)S(=O)(=O)O. The summed E-state index contributed by atoms with van der Waals surface area (Å²) in [5.41, 5.74) is -1.84. The molecule has 4 aliphatic carbocycles. The van der Waals surface area contributed by atoms with E-state index in [0.717, 1.165) is 13.3 Å². The van der Waals surface area contributed by atoms with Crippen LogP contribution in [0.25, 0.3) is 0 Å². The van der Waals surface area contributed by atoms with Gasteiger partial charge in [-0.15, -0.1) is 0 Å². The van der Waals surface area contributed by atoms with Crippen molar-refractivity contribution in [1.82, 2.24) is 0 Å². The van der Waals surface area contributed by atoms with Gasteiger partial charge in [-0.3, -0.25) is 14.1 Å². The number of esters is 1. The highest BCUT2D eigenvalue weighted by atomic mass is 32.2. The maximum Gasteiger partial charge on any atom is 0.405 e. The Morgan fingerprint density at radius 3 is 2.32 bits per heavy atom. The van der Waals surface area contributed by atoms with Gasteiger partial charge in [-0.2, -0.15) is 17.2 Å². The molecule has 0 radical (unpaired) electrons. The minimum absolute atomic E-state index is 0.131. The molecule has 3 atom stereocenters. The zero-order valence-electron chi connectivity index (χ0n) is 13.6. The van der Waals surface area contributed by atoms with E-state index in [-0.39, 0.29) is 18.3 Å². The zero-order valence-corrected chi connectivity index (χ0v) is 14.4. The van der Waals surface area contributed by atoms with Gasteiger partial charge in [0, 0.05) is 6.42 Å². The maximum absolute atomic E-state index is 13.7. The van der Waals surface area contributed by atoms with Gasteiger partial charge in [0.05, 0.1) is 5.41 Å². The van der Waals surface area contributed by atoms with Crippen molar-refractivity contribution in [3.63, 3.8) is 0 Å². The minimum atomic E-state index is -5.71. The van der Waals surface area contributed by atoms with E-state index >= 15 is 0 Å². The van der Waals surface area contributed by atoms with Crippen LogP contribution in [-0.2, 0) is 29.2 Å². The van der Waals surface area contributed by atoms with Crippen molar-refractivity contribution in [2.24, 2.45) is 17.3 Å². The molecule has 7 nitrogen and oxygen atoms in total. The number of carbonyl (C=O) groups excluding carboxylic acids is 2. The van der Waals surface area contributed by atoms with Gasteiger partial charge in [0.1, 0.15) is 5.60 Å². The topological polar surface area (TPSA) is 107 Å². The first-order chi connectivity index (χ1) is 11.4. The van der Waals surface area contributed by atoms with E-state index in [2.05, 4.69) is 0 Å². The molecule has 4 rings (SSSR count). The third-order valence-electron chi connectivity index (χ3n) is 5.84. The predicted molar refractivity (Wildman–Crippen MR) is 79.0 cm³/mol. The maximum atomic E-state index is 13.7. The molecule has 3 unspecified atom stereocenters. The van der Waals surface area contributed by atoms with E-state index in [1.807, 2.05) is 0 Å². The Bertz CT molecular complexity index is 676. The molecule has 25 heavy (non-hydrogen) atoms. The molecule has 10 heteroatoms. The Morgan fingerprint density at radius 1 is 1.28 bits per heavy atom. The van der Waals surface area contributed by atoms with E-state index in [0.29, 0.717) is 32.2 Å². The average molecular weight is 382 g/mol. The molecule has 0 heterocycles. The van der Waals surface area contributed by atoms with Crippen LogP contribution in [0.1, 0.15) is 45.4 Å². The number of ether oxygens (including phenoxy) is 2. The number of rotatable bonds is 6. The quantitative estimate of drug-likeness (QED) is 0.425. The van der Waals surface area contributed by atoms with Crippen LogP contribution in [0, 0.1) is 17.3 Å². The second-order valence-corrected chi connectivity index (χ2v) is 9.22. The highest BCUT2D eigenvalue weighted by Crippen LogP contribution is 2.63. The molecule has 4 saturated carbocycles. The second kappa shape index (κ2) is 5.60. The molecule has 0 aromatic heterocycles. The second-order valence-electron chi connectivity index (χ2n) is 7.72. The van der Waals surface area contributed by atoms with E-state index in [9.17, 15) is 26.8 Å². The molecule has 4 bridgehead atoms. The first-order valence-corrected chi connectivity index (χ1v) is 9.54. The Kier molecular flexibility index (Phi) is 4.15. The molecule has 0 amide bonds. The number of hydrogen-bond acceptors (Lipinski definition) is 6. The molecule has 142 valence electrons. The average Bonchev–Trinajstić information content (AvgIpc) is 2.44. The van der Waals surface area contributed by atoms with Crippen molar-refractivity contribution < 1.29 is 40.8 Å². The molecular weight excluding hydrogens is 362 g/mol. The smallest absolute Gasteiger partial charge is 0.405 e. The fourth-order valence-corrected chi connectivity index (χ4v) is 5.69. The zero-order chi connectivity index (χ0) is 18.7. The summed E-state index contributed by atoms with van der Waals surface area (Å²) in [6, 6.07) is 0. The van der Waals surface area contributed by atoms with E-state index in [1.165, 1.54) is 0 Å². The Hall–Kier alpha value is -1.29. The molecule has 0 saturated heterocycles. The number of carbonyl (C=O) groups is 2. The molecular formula is C15H20F2O7S. The van der Waals surface area contributed by atoms with Crippen LogP contribution < -0.4 is 0 Å². The molecule has 1 N–H and O–H groups in total. The lowest BCUT2D eigenvalue weighted by Gasteiger charge is -2.59. The van der Waals surface area contributed by atoms with Gasteiger partial charge in [-0.25, -0.2) is 0 Å². The van der Waals surface area contributed by atoms with Gasteiger partial charge >= 0.3 is 21.3 Å². The van der Waals surface area contributed by atoms with Gasteiger partial charge in [0.2, 0.25) is 0 Å². The van der Waals surface area contributed by atoms with Crippen LogP contribution >= 0.6 is 0 Å². The van der Waals surface area contributed by atoms with Crippen LogP contribution in [0.15, 0.2) is 0 Å². The molecule has 0 spiro atoms. The van der Waals surface area contributed by atoms with Crippen molar-refractivity contribution in [3.05, 3.63) is 0 Å². The summed E-state index contributed by atoms with van der Waals surface area (Å²) < 4.78 is 67.7. The monoisotopic (exact) mass is 382 g/mol. The van der Waals surface area contributed by atoms with Crippen molar-refractivity contribution >= 4 is 22.6 Å². The first kappa shape index (κ1) is 18.5. The van der Waals surface area contributed by atoms with E-state index < -0.39 is 38.5 Å². The minimum Gasteiger partial charge on any atom is -0.461 e. The van der Waals surface area contributed by atoms with Gasteiger partial charge in [0.15, 0.2) is 6.10 Å². The van der Waals surface area contributed by atoms with Crippen molar-refractivity contribution in [2.45, 2.75) is 62.4 Å². The van der Waals surface area contributed by atoms with Gasteiger partial charge in [0.25, 0.3) is 6.47 Å². The Morgan fingerprint density at radius 2 is 1.84 bits per heavy atom. The molecule has 4 fully saturated rings. The summed E-state index contributed by atoms with van der Waals surface area (Å²) in [5, 5.41) is -4.60. The third kappa shape index (κ3) is 2.92. The van der Waals surface area contributed by atoms with Crippen molar-refractivity contribution in [3.8, 4) is 0 Å². The normalized spacial score (nSPS) is 38.2. The van der Waals surface area contributed by atoms with Crippen molar-refractivity contribution in [2.75, 3.05) is 0 Å². The lowest BCUT2D eigenvalue weighted by molar-refractivity contribution is -0.212. The van der Waals surface area contributed by atoms with Crippen LogP contribution in [0.5, 0.6) is 0 Å². The summed E-state index contributed by atoms with van der Waals surface area (Å²) in [4.78, 5) is 23.5. The summed E-state index contributed by atoms with van der Waals surface area (Å²) in [5.74, 6) is -0.659. The Balaban J connectivity index is 1.81. The highest BCUT2D eigenvalue weighted by molar-refractivity contribution is 7.86. The predicted octanol–water partition coefficient (Wildman–Crippen LogP) is 1.91. The van der Waals surface area contributed by atoms with Gasteiger partial charge in [-0.1, -0.05) is 0 Å². The summed E-state index contributed by atoms with van der Waals surface area (Å²) in [6.45, 7) is 1.07. The number of alkyl halides is 2. The summed E-state index contributed by atoms with van der Waals surface area (Å²) in [7, 11) is -5.71. The van der Waals surface area contributed by atoms with Crippen LogP contribution in [0.3, 0.4) is 0 Å². The largest absolute Gasteiger partial charge is 0.461 e. The molecule has 0 aromatic rings. The summed E-state index contributed by atoms with van der Waals surface area (Å²) in [6.07, 6.45) is 0.894. The third-order valence-corrected chi connectivity index (χ3v) is 6.86. The van der Waals surface area contributed by atoms with Crippen LogP contribution in [0.4, 0.5) is 8.78 Å². The number of hydrogen-bond donors (Lipinski definition) is 1. The first-order valence-electron chi connectivity index (χ1n) is 8.10. The van der Waals surface area contributed by atoms with E-state index in [4.69, 9.17) is 14.0 Å². The van der Waals surface area contributed by atoms with Crippen LogP contribution in [0.2, 0.25) is 0 Å². The van der Waals surface area contributed by atoms with Gasteiger partial charge in [-0.05, 0) is 50.9 Å². The van der Waals surface area contributed by atoms with E-state index in [1.54, 1.807) is 0 Å². The van der Waals surface area contributed by atoms with Crippen molar-refractivity contribution in [1.29, 1.82) is 0 Å². The molecule has 4 aliphatic rings. The standard InChI is InChI=1S/C15H20F2O7S/c1-9(15(16,17)25(20,21)22)24-12(19)13-3-10-2-11(4-13)6-14(5-10,7-13)23-8-18/h8-11H,2-7H2,1H3,(H,20,21,22). The fourth-order valence-electron chi connectivity index (χ4n) is 5.22. The van der Waals surface area contributed by atoms with Crippen LogP contribution in [-0.4, -0.2) is 42.4 Å². The van der Waals surface area contributed by atoms with Gasteiger partial charge < -0.3 is 9.47 Å². The Labute approximate surface area is 143 Å². The lowest BCUT2D eigenvalue weighted by atomic mass is 9.48. The molecule has 0 aliphatic heterocycles. The fraction of sp³-hybridized carbons (Fsp3) is 0.867. The summed E-state index contributed by atoms with van der Waals surface area (Å²) >= 11 is 0. The number of halogens is 2.